The van der Waals surface area contributed by atoms with E-state index < -0.39 is 6.10 Å². The van der Waals surface area contributed by atoms with Crippen LogP contribution in [0.15, 0.2) is 18.2 Å². The highest BCUT2D eigenvalue weighted by Crippen LogP contribution is 2.21. The van der Waals surface area contributed by atoms with Crippen LogP contribution in [0, 0.1) is 12.7 Å². The fraction of sp³-hybridized carbons (Fsp3) is 0.571. The van der Waals surface area contributed by atoms with Gasteiger partial charge in [0.05, 0.1) is 6.10 Å². The monoisotopic (exact) mass is 224 g/mol. The van der Waals surface area contributed by atoms with Gasteiger partial charge in [0.1, 0.15) is 5.82 Å². The highest BCUT2D eigenvalue weighted by atomic mass is 19.1. The molecule has 1 unspecified atom stereocenters. The van der Waals surface area contributed by atoms with Crippen LogP contribution in [0.2, 0.25) is 0 Å². The molecule has 1 aromatic carbocycles. The summed E-state index contributed by atoms with van der Waals surface area (Å²) in [6.07, 6.45) is 4.74. The van der Waals surface area contributed by atoms with E-state index in [1.807, 2.05) is 13.0 Å². The smallest absolute Gasteiger partial charge is 0.123 e. The molecule has 0 spiro atoms. The first-order chi connectivity index (χ1) is 7.63. The van der Waals surface area contributed by atoms with E-state index in [1.54, 1.807) is 0 Å². The van der Waals surface area contributed by atoms with Crippen molar-refractivity contribution in [1.82, 2.24) is 0 Å². The average Bonchev–Trinajstić information content (AvgIpc) is 2.22. The zero-order chi connectivity index (χ0) is 12.0. The minimum atomic E-state index is -0.522. The summed E-state index contributed by atoms with van der Waals surface area (Å²) < 4.78 is 13.1. The van der Waals surface area contributed by atoms with Crippen molar-refractivity contribution in [3.05, 3.63) is 35.1 Å². The first-order valence-corrected chi connectivity index (χ1v) is 6.08. The van der Waals surface area contributed by atoms with Gasteiger partial charge in [0.2, 0.25) is 0 Å². The molecule has 1 aromatic rings. The molecule has 0 saturated heterocycles. The molecule has 2 heteroatoms. The first-order valence-electron chi connectivity index (χ1n) is 6.08. The van der Waals surface area contributed by atoms with Gasteiger partial charge in [0.15, 0.2) is 0 Å². The first kappa shape index (κ1) is 13.2. The van der Waals surface area contributed by atoms with E-state index in [-0.39, 0.29) is 5.82 Å². The molecule has 0 aromatic heterocycles. The lowest BCUT2D eigenvalue weighted by Crippen LogP contribution is -1.99. The molecule has 1 N–H and O–H groups in total. The third kappa shape index (κ3) is 4.31. The maximum absolute atomic E-state index is 13.1. The minimum absolute atomic E-state index is 0.261. The summed E-state index contributed by atoms with van der Waals surface area (Å²) in [4.78, 5) is 0. The Kier molecular flexibility index (Phi) is 5.47. The SMILES string of the molecule is CCCCCCC(O)c1cc(C)cc(F)c1. The second-order valence-electron chi connectivity index (χ2n) is 4.43. The van der Waals surface area contributed by atoms with Gasteiger partial charge in [-0.1, -0.05) is 38.7 Å². The van der Waals surface area contributed by atoms with Gasteiger partial charge in [-0.2, -0.15) is 0 Å². The molecule has 0 radical (unpaired) electrons. The van der Waals surface area contributed by atoms with Gasteiger partial charge >= 0.3 is 0 Å². The van der Waals surface area contributed by atoms with E-state index >= 15 is 0 Å². The fourth-order valence-electron chi connectivity index (χ4n) is 1.89. The van der Waals surface area contributed by atoms with E-state index in [0.29, 0.717) is 5.56 Å². The van der Waals surface area contributed by atoms with Crippen LogP contribution in [0.3, 0.4) is 0 Å². The molecule has 0 bridgehead atoms. The van der Waals surface area contributed by atoms with Crippen molar-refractivity contribution in [2.75, 3.05) is 0 Å². The van der Waals surface area contributed by atoms with Crippen molar-refractivity contribution in [2.45, 2.75) is 52.1 Å². The summed E-state index contributed by atoms with van der Waals surface area (Å²) in [7, 11) is 0. The molecule has 90 valence electrons. The van der Waals surface area contributed by atoms with Crippen LogP contribution in [-0.2, 0) is 0 Å². The zero-order valence-electron chi connectivity index (χ0n) is 10.2. The van der Waals surface area contributed by atoms with Crippen molar-refractivity contribution in [3.8, 4) is 0 Å². The molecular formula is C14H21FO. The van der Waals surface area contributed by atoms with E-state index in [4.69, 9.17) is 0 Å². The van der Waals surface area contributed by atoms with Crippen LogP contribution >= 0.6 is 0 Å². The Bertz CT molecular complexity index is 302. The Hall–Kier alpha value is -0.890. The van der Waals surface area contributed by atoms with Crippen molar-refractivity contribution >= 4 is 0 Å². The standard InChI is InChI=1S/C14H21FO/c1-3-4-5-6-7-14(16)12-8-11(2)9-13(15)10-12/h8-10,14,16H,3-7H2,1-2H3. The summed E-state index contributed by atoms with van der Waals surface area (Å²) in [5.41, 5.74) is 1.57. The molecule has 0 amide bonds. The van der Waals surface area contributed by atoms with Crippen LogP contribution in [0.1, 0.15) is 56.3 Å². The van der Waals surface area contributed by atoms with Gasteiger partial charge in [0.25, 0.3) is 0 Å². The molecule has 0 aliphatic heterocycles. The zero-order valence-corrected chi connectivity index (χ0v) is 10.2. The van der Waals surface area contributed by atoms with Crippen LogP contribution in [0.5, 0.6) is 0 Å². The van der Waals surface area contributed by atoms with Crippen molar-refractivity contribution in [3.63, 3.8) is 0 Å². The Morgan fingerprint density at radius 3 is 2.56 bits per heavy atom. The highest BCUT2D eigenvalue weighted by molar-refractivity contribution is 5.25. The lowest BCUT2D eigenvalue weighted by Gasteiger charge is -2.11. The molecule has 1 atom stereocenters. The molecule has 0 fully saturated rings. The largest absolute Gasteiger partial charge is 0.388 e. The average molecular weight is 224 g/mol. The van der Waals surface area contributed by atoms with Gasteiger partial charge in [-0.25, -0.2) is 4.39 Å². The second kappa shape index (κ2) is 6.64. The van der Waals surface area contributed by atoms with E-state index in [1.165, 1.54) is 25.0 Å². The molecule has 1 nitrogen and oxygen atoms in total. The van der Waals surface area contributed by atoms with Gasteiger partial charge < -0.3 is 5.11 Å². The summed E-state index contributed by atoms with van der Waals surface area (Å²) in [6, 6.07) is 4.76. The topological polar surface area (TPSA) is 20.2 Å². The van der Waals surface area contributed by atoms with Gasteiger partial charge in [-0.15, -0.1) is 0 Å². The number of halogens is 1. The number of benzene rings is 1. The number of unbranched alkanes of at least 4 members (excludes halogenated alkanes) is 3. The minimum Gasteiger partial charge on any atom is -0.388 e. The lowest BCUT2D eigenvalue weighted by molar-refractivity contribution is 0.163. The molecule has 16 heavy (non-hydrogen) atoms. The quantitative estimate of drug-likeness (QED) is 0.720. The summed E-state index contributed by atoms with van der Waals surface area (Å²) in [6.45, 7) is 4.00. The van der Waals surface area contributed by atoms with Gasteiger partial charge in [-0.3, -0.25) is 0 Å². The summed E-state index contributed by atoms with van der Waals surface area (Å²) in [5, 5.41) is 9.90. The van der Waals surface area contributed by atoms with Gasteiger partial charge in [0, 0.05) is 0 Å². The third-order valence-corrected chi connectivity index (χ3v) is 2.78. The molecule has 0 aliphatic carbocycles. The van der Waals surface area contributed by atoms with Crippen molar-refractivity contribution < 1.29 is 9.50 Å². The number of aliphatic hydroxyl groups excluding tert-OH is 1. The summed E-state index contributed by atoms with van der Waals surface area (Å²) in [5.74, 6) is -0.261. The lowest BCUT2D eigenvalue weighted by atomic mass is 10.0. The predicted molar refractivity (Wildman–Crippen MR) is 64.9 cm³/mol. The van der Waals surface area contributed by atoms with E-state index in [0.717, 1.165) is 24.8 Å². The van der Waals surface area contributed by atoms with Crippen LogP contribution in [-0.4, -0.2) is 5.11 Å². The number of rotatable bonds is 6. The van der Waals surface area contributed by atoms with Crippen LogP contribution in [0.25, 0.3) is 0 Å². The Balaban J connectivity index is 2.48. The fourth-order valence-corrected chi connectivity index (χ4v) is 1.89. The maximum atomic E-state index is 13.1. The van der Waals surface area contributed by atoms with Crippen molar-refractivity contribution in [2.24, 2.45) is 0 Å². The van der Waals surface area contributed by atoms with Gasteiger partial charge in [-0.05, 0) is 36.6 Å². The molecule has 1 rings (SSSR count). The number of hydrogen-bond acceptors (Lipinski definition) is 1. The third-order valence-electron chi connectivity index (χ3n) is 2.78. The molecular weight excluding hydrogens is 203 g/mol. The highest BCUT2D eigenvalue weighted by Gasteiger charge is 2.08. The van der Waals surface area contributed by atoms with E-state index in [9.17, 15) is 9.50 Å². The number of aliphatic hydroxyl groups is 1. The Morgan fingerprint density at radius 1 is 1.19 bits per heavy atom. The summed E-state index contributed by atoms with van der Waals surface area (Å²) >= 11 is 0. The van der Waals surface area contributed by atoms with Crippen molar-refractivity contribution in [1.29, 1.82) is 0 Å². The van der Waals surface area contributed by atoms with Crippen LogP contribution < -0.4 is 0 Å². The van der Waals surface area contributed by atoms with Crippen LogP contribution in [0.4, 0.5) is 4.39 Å². The molecule has 0 aliphatic rings. The predicted octanol–water partition coefficient (Wildman–Crippen LogP) is 4.14. The molecule has 0 saturated carbocycles. The molecule has 0 heterocycles. The maximum Gasteiger partial charge on any atom is 0.123 e. The van der Waals surface area contributed by atoms with E-state index in [2.05, 4.69) is 6.92 Å². The normalized spacial score (nSPS) is 12.8. The number of hydrogen-bond donors (Lipinski definition) is 1. The second-order valence-corrected chi connectivity index (χ2v) is 4.43. The number of aryl methyl sites for hydroxylation is 1. The Labute approximate surface area is 97.3 Å². The Morgan fingerprint density at radius 2 is 1.94 bits per heavy atom.